The lowest BCUT2D eigenvalue weighted by Gasteiger charge is -2.11. The van der Waals surface area contributed by atoms with Gasteiger partial charge in [0.15, 0.2) is 0 Å². The van der Waals surface area contributed by atoms with Crippen LogP contribution in [0.3, 0.4) is 0 Å². The van der Waals surface area contributed by atoms with Gasteiger partial charge in [0, 0.05) is 11.6 Å². The van der Waals surface area contributed by atoms with Gasteiger partial charge in [-0.05, 0) is 46.3 Å². The minimum atomic E-state index is -0.439. The largest absolute Gasteiger partial charge is 0.436 e. The number of halogens is 3. The summed E-state index contributed by atoms with van der Waals surface area (Å²) in [4.78, 5) is 16.3. The molecule has 0 saturated heterocycles. The fourth-order valence-electron chi connectivity index (χ4n) is 2.65. The number of nitrogens with zero attached hydrogens (tertiary/aromatic N) is 3. The molecule has 0 N–H and O–H groups in total. The Labute approximate surface area is 172 Å². The molecule has 8 heteroatoms. The van der Waals surface area contributed by atoms with Crippen molar-refractivity contribution in [2.24, 2.45) is 0 Å². The van der Waals surface area contributed by atoms with Crippen molar-refractivity contribution in [1.82, 2.24) is 14.6 Å². The zero-order chi connectivity index (χ0) is 19.0. The maximum absolute atomic E-state index is 12.5. The zero-order valence-electron chi connectivity index (χ0n) is 13.6. The molecule has 2 aromatic carbocycles. The summed E-state index contributed by atoms with van der Waals surface area (Å²) in [6, 6.07) is 15.9. The second kappa shape index (κ2) is 7.31. The van der Waals surface area contributed by atoms with Crippen molar-refractivity contribution in [2.45, 2.75) is 0 Å². The van der Waals surface area contributed by atoms with Gasteiger partial charge in [0.05, 0.1) is 25.6 Å². The molecule has 134 valence electrons. The normalized spacial score (nSPS) is 10.9. The molecule has 5 nitrogen and oxygen atoms in total. The first kappa shape index (κ1) is 18.0. The van der Waals surface area contributed by atoms with E-state index in [4.69, 9.17) is 27.9 Å². The molecule has 2 aromatic heterocycles. The summed E-state index contributed by atoms with van der Waals surface area (Å²) in [7, 11) is 0. The van der Waals surface area contributed by atoms with Crippen LogP contribution in [0.1, 0.15) is 0 Å². The molecule has 0 unspecified atom stereocenters. The maximum Gasteiger partial charge on any atom is 0.281 e. The van der Waals surface area contributed by atoms with E-state index in [1.54, 1.807) is 30.3 Å². The summed E-state index contributed by atoms with van der Waals surface area (Å²) < 4.78 is 8.06. The van der Waals surface area contributed by atoms with Crippen LogP contribution in [-0.4, -0.2) is 14.6 Å². The zero-order valence-corrected chi connectivity index (χ0v) is 16.7. The Balaban J connectivity index is 1.87. The fourth-order valence-corrected chi connectivity index (χ4v) is 3.61. The Hall–Kier alpha value is -2.41. The van der Waals surface area contributed by atoms with Crippen molar-refractivity contribution in [2.75, 3.05) is 0 Å². The van der Waals surface area contributed by atoms with E-state index in [9.17, 15) is 4.79 Å². The summed E-state index contributed by atoms with van der Waals surface area (Å²) >= 11 is 16.0. The second-order valence-electron chi connectivity index (χ2n) is 5.56. The standard InChI is InChI=1S/C19H10BrCl2N3O2/c20-11-4-1-2-7-15(11)27-16-9-8-14-18(19(26)23-10-25(14)24-16)17-12(21)5-3-6-13(17)22/h1-10H. The molecular weight excluding hydrogens is 453 g/mol. The number of fused-ring (bicyclic) bond motifs is 1. The molecule has 0 bridgehead atoms. The second-order valence-corrected chi connectivity index (χ2v) is 7.22. The van der Waals surface area contributed by atoms with E-state index in [0.29, 0.717) is 32.8 Å². The Bertz CT molecular complexity index is 1210. The number of ether oxygens (including phenoxy) is 1. The van der Waals surface area contributed by atoms with E-state index in [0.717, 1.165) is 4.47 Å². The maximum atomic E-state index is 12.5. The van der Waals surface area contributed by atoms with Gasteiger partial charge in [-0.3, -0.25) is 4.79 Å². The van der Waals surface area contributed by atoms with Crippen LogP contribution in [0.2, 0.25) is 10.0 Å². The molecule has 0 radical (unpaired) electrons. The summed E-state index contributed by atoms with van der Waals surface area (Å²) in [5, 5.41) is 5.11. The van der Waals surface area contributed by atoms with Crippen molar-refractivity contribution < 1.29 is 4.74 Å². The molecular formula is C19H10BrCl2N3O2. The van der Waals surface area contributed by atoms with Crippen LogP contribution in [-0.2, 0) is 0 Å². The average molecular weight is 463 g/mol. The molecule has 0 aliphatic rings. The average Bonchev–Trinajstić information content (AvgIpc) is 2.65. The summed E-state index contributed by atoms with van der Waals surface area (Å²) in [6.45, 7) is 0. The van der Waals surface area contributed by atoms with E-state index < -0.39 is 5.56 Å². The summed E-state index contributed by atoms with van der Waals surface area (Å²) in [5.41, 5.74) is 0.793. The number of rotatable bonds is 3. The minimum absolute atomic E-state index is 0.285. The molecule has 0 aliphatic heterocycles. The molecule has 2 heterocycles. The fraction of sp³-hybridized carbons (Fsp3) is 0. The molecule has 0 aliphatic carbocycles. The van der Waals surface area contributed by atoms with E-state index >= 15 is 0 Å². The highest BCUT2D eigenvalue weighted by Crippen LogP contribution is 2.35. The van der Waals surface area contributed by atoms with Crippen molar-refractivity contribution >= 4 is 44.6 Å². The quantitative estimate of drug-likeness (QED) is 0.396. The van der Waals surface area contributed by atoms with Crippen LogP contribution in [0, 0.1) is 0 Å². The Kier molecular flexibility index (Phi) is 4.86. The van der Waals surface area contributed by atoms with Gasteiger partial charge in [0.1, 0.15) is 12.1 Å². The number of benzene rings is 2. The molecule has 4 aromatic rings. The first-order valence-electron chi connectivity index (χ1n) is 7.80. The third kappa shape index (κ3) is 3.43. The molecule has 0 spiro atoms. The van der Waals surface area contributed by atoms with Crippen molar-refractivity contribution in [3.63, 3.8) is 0 Å². The van der Waals surface area contributed by atoms with Crippen LogP contribution in [0.15, 0.2) is 70.2 Å². The van der Waals surface area contributed by atoms with E-state index in [-0.39, 0.29) is 5.56 Å². The lowest BCUT2D eigenvalue weighted by atomic mass is 10.1. The number of aromatic nitrogens is 3. The first-order chi connectivity index (χ1) is 13.0. The van der Waals surface area contributed by atoms with Crippen molar-refractivity contribution in [3.05, 3.63) is 85.8 Å². The first-order valence-corrected chi connectivity index (χ1v) is 9.35. The summed E-state index contributed by atoms with van der Waals surface area (Å²) in [5.74, 6) is 0.962. The van der Waals surface area contributed by atoms with Crippen LogP contribution in [0.4, 0.5) is 0 Å². The van der Waals surface area contributed by atoms with Gasteiger partial charge in [0.25, 0.3) is 5.56 Å². The predicted molar refractivity (Wildman–Crippen MR) is 109 cm³/mol. The van der Waals surface area contributed by atoms with Gasteiger partial charge in [-0.2, -0.15) is 4.98 Å². The van der Waals surface area contributed by atoms with Crippen LogP contribution < -0.4 is 10.3 Å². The Morgan fingerprint density at radius 2 is 1.67 bits per heavy atom. The van der Waals surface area contributed by atoms with Gasteiger partial charge in [0.2, 0.25) is 5.88 Å². The van der Waals surface area contributed by atoms with Crippen LogP contribution in [0.25, 0.3) is 16.6 Å². The van der Waals surface area contributed by atoms with Crippen molar-refractivity contribution in [3.8, 4) is 22.8 Å². The third-order valence-electron chi connectivity index (χ3n) is 3.86. The van der Waals surface area contributed by atoms with E-state index in [2.05, 4.69) is 26.0 Å². The molecule has 27 heavy (non-hydrogen) atoms. The minimum Gasteiger partial charge on any atom is -0.436 e. The lowest BCUT2D eigenvalue weighted by molar-refractivity contribution is 0.449. The highest BCUT2D eigenvalue weighted by atomic mass is 79.9. The predicted octanol–water partition coefficient (Wildman–Crippen LogP) is 5.62. The lowest BCUT2D eigenvalue weighted by Crippen LogP contribution is -2.14. The van der Waals surface area contributed by atoms with Crippen molar-refractivity contribution in [1.29, 1.82) is 0 Å². The Morgan fingerprint density at radius 1 is 0.926 bits per heavy atom. The van der Waals surface area contributed by atoms with Gasteiger partial charge in [-0.1, -0.05) is 41.4 Å². The molecule has 0 amide bonds. The van der Waals surface area contributed by atoms with Gasteiger partial charge in [-0.25, -0.2) is 4.52 Å². The highest BCUT2D eigenvalue weighted by Gasteiger charge is 2.17. The Morgan fingerprint density at radius 3 is 2.41 bits per heavy atom. The van der Waals surface area contributed by atoms with E-state index in [1.165, 1.54) is 10.8 Å². The number of hydrogen-bond acceptors (Lipinski definition) is 4. The summed E-state index contributed by atoms with van der Waals surface area (Å²) in [6.07, 6.45) is 1.33. The highest BCUT2D eigenvalue weighted by molar-refractivity contribution is 9.10. The van der Waals surface area contributed by atoms with Gasteiger partial charge in [-0.15, -0.1) is 5.10 Å². The van der Waals surface area contributed by atoms with Gasteiger partial charge >= 0.3 is 0 Å². The number of para-hydroxylation sites is 1. The molecule has 0 atom stereocenters. The smallest absolute Gasteiger partial charge is 0.281 e. The van der Waals surface area contributed by atoms with Crippen LogP contribution >= 0.6 is 39.1 Å². The number of hydrogen-bond donors (Lipinski definition) is 0. The monoisotopic (exact) mass is 461 g/mol. The topological polar surface area (TPSA) is 56.5 Å². The van der Waals surface area contributed by atoms with E-state index in [1.807, 2.05) is 24.3 Å². The molecule has 4 rings (SSSR count). The van der Waals surface area contributed by atoms with Gasteiger partial charge < -0.3 is 4.74 Å². The molecule has 0 fully saturated rings. The molecule has 0 saturated carbocycles. The van der Waals surface area contributed by atoms with Crippen LogP contribution in [0.5, 0.6) is 11.6 Å². The SMILES string of the molecule is O=c1ncn2nc(Oc3ccccc3Br)ccc2c1-c1c(Cl)cccc1Cl. The third-order valence-corrected chi connectivity index (χ3v) is 5.14.